The van der Waals surface area contributed by atoms with Crippen LogP contribution in [0.2, 0.25) is 0 Å². The van der Waals surface area contributed by atoms with Crippen LogP contribution in [0, 0.1) is 0 Å². The second kappa shape index (κ2) is 13.1. The van der Waals surface area contributed by atoms with Crippen LogP contribution in [0.1, 0.15) is 33.6 Å². The summed E-state index contributed by atoms with van der Waals surface area (Å²) in [5.41, 5.74) is 0. The minimum absolute atomic E-state index is 0.0597. The number of carbonyl (C=O) groups is 1. The first-order valence-electron chi connectivity index (χ1n) is 4.66. The summed E-state index contributed by atoms with van der Waals surface area (Å²) in [6, 6.07) is 0. The van der Waals surface area contributed by atoms with Gasteiger partial charge in [-0.2, -0.15) is 0 Å². The van der Waals surface area contributed by atoms with E-state index in [4.69, 9.17) is 0 Å². The lowest BCUT2D eigenvalue weighted by Crippen LogP contribution is -2.21. The average molecular weight is 174 g/mol. The highest BCUT2D eigenvalue weighted by Gasteiger charge is 1.88. The monoisotopic (exact) mass is 174 g/mol. The Balaban J connectivity index is 0. The number of nitrogens with one attached hydrogen (secondary N) is 2. The summed E-state index contributed by atoms with van der Waals surface area (Å²) in [5, 5.41) is 5.78. The summed E-state index contributed by atoms with van der Waals surface area (Å²) >= 11 is 0. The van der Waals surface area contributed by atoms with Gasteiger partial charge in [-0.15, -0.1) is 0 Å². The number of carbonyl (C=O) groups excluding carboxylic acids is 1. The maximum absolute atomic E-state index is 10.3. The van der Waals surface area contributed by atoms with Gasteiger partial charge >= 0.3 is 0 Å². The molecule has 0 fully saturated rings. The molecule has 0 bridgehead atoms. The van der Waals surface area contributed by atoms with Crippen molar-refractivity contribution in [1.29, 1.82) is 0 Å². The zero-order valence-electron chi connectivity index (χ0n) is 8.74. The Kier molecular flexibility index (Phi) is 15.2. The van der Waals surface area contributed by atoms with Gasteiger partial charge in [0, 0.05) is 13.5 Å². The molecule has 0 atom stereocenters. The van der Waals surface area contributed by atoms with E-state index >= 15 is 0 Å². The van der Waals surface area contributed by atoms with Crippen molar-refractivity contribution in [3.05, 3.63) is 0 Å². The van der Waals surface area contributed by atoms with Crippen molar-refractivity contribution in [3.8, 4) is 0 Å². The fourth-order valence-corrected chi connectivity index (χ4v) is 0.691. The van der Waals surface area contributed by atoms with E-state index in [0.29, 0.717) is 0 Å². The van der Waals surface area contributed by atoms with Crippen LogP contribution >= 0.6 is 0 Å². The van der Waals surface area contributed by atoms with Gasteiger partial charge < -0.3 is 10.6 Å². The molecule has 0 unspecified atom stereocenters. The molecule has 74 valence electrons. The third-order valence-corrected chi connectivity index (χ3v) is 1.23. The first kappa shape index (κ1) is 14.0. The number of hydrogen-bond donors (Lipinski definition) is 2. The van der Waals surface area contributed by atoms with Crippen molar-refractivity contribution in [2.45, 2.75) is 33.6 Å². The maximum Gasteiger partial charge on any atom is 0.216 e. The lowest BCUT2D eigenvalue weighted by atomic mass is 10.3. The minimum Gasteiger partial charge on any atom is -0.356 e. The van der Waals surface area contributed by atoms with E-state index in [2.05, 4.69) is 10.6 Å². The second-order valence-electron chi connectivity index (χ2n) is 2.29. The van der Waals surface area contributed by atoms with Gasteiger partial charge in [0.2, 0.25) is 5.91 Å². The standard InChI is InChI=1S/C7H16N2O.C2H6/c1-7(10)9-6-4-3-5-8-2;1-2/h8H,3-6H2,1-2H3,(H,9,10);1-2H3. The highest BCUT2D eigenvalue weighted by molar-refractivity contribution is 5.72. The molecule has 1 amide bonds. The summed E-state index contributed by atoms with van der Waals surface area (Å²) in [7, 11) is 1.93. The predicted molar refractivity (Wildman–Crippen MR) is 53.2 cm³/mol. The van der Waals surface area contributed by atoms with Gasteiger partial charge in [0.1, 0.15) is 0 Å². The topological polar surface area (TPSA) is 41.1 Å². The molecule has 3 heteroatoms. The zero-order valence-corrected chi connectivity index (χ0v) is 8.74. The van der Waals surface area contributed by atoms with Gasteiger partial charge in [0.05, 0.1) is 0 Å². The highest BCUT2D eigenvalue weighted by atomic mass is 16.1. The van der Waals surface area contributed by atoms with Crippen LogP contribution in [0.25, 0.3) is 0 Å². The van der Waals surface area contributed by atoms with Crippen molar-refractivity contribution in [2.24, 2.45) is 0 Å². The largest absolute Gasteiger partial charge is 0.356 e. The third-order valence-electron chi connectivity index (χ3n) is 1.23. The van der Waals surface area contributed by atoms with E-state index in [1.807, 2.05) is 20.9 Å². The highest BCUT2D eigenvalue weighted by Crippen LogP contribution is 1.82. The van der Waals surface area contributed by atoms with Crippen molar-refractivity contribution in [1.82, 2.24) is 10.6 Å². The zero-order chi connectivity index (χ0) is 9.82. The molecule has 0 saturated heterocycles. The van der Waals surface area contributed by atoms with Crippen molar-refractivity contribution < 1.29 is 4.79 Å². The quantitative estimate of drug-likeness (QED) is 0.614. The molecule has 0 aromatic rings. The molecule has 0 saturated carbocycles. The number of rotatable bonds is 5. The number of hydrogen-bond acceptors (Lipinski definition) is 2. The summed E-state index contributed by atoms with van der Waals surface area (Å²) < 4.78 is 0. The third kappa shape index (κ3) is 16.2. The molecule has 0 radical (unpaired) electrons. The molecular weight excluding hydrogens is 152 g/mol. The molecule has 0 spiro atoms. The van der Waals surface area contributed by atoms with Crippen LogP contribution in [0.5, 0.6) is 0 Å². The van der Waals surface area contributed by atoms with Gasteiger partial charge in [-0.1, -0.05) is 13.8 Å². The number of unbranched alkanes of at least 4 members (excludes halogenated alkanes) is 1. The van der Waals surface area contributed by atoms with Crippen LogP contribution in [0.4, 0.5) is 0 Å². The average Bonchev–Trinajstić information content (AvgIpc) is 2.07. The Morgan fingerprint density at radius 3 is 2.08 bits per heavy atom. The maximum atomic E-state index is 10.3. The molecule has 12 heavy (non-hydrogen) atoms. The first-order valence-corrected chi connectivity index (χ1v) is 4.66. The molecule has 0 rings (SSSR count). The van der Waals surface area contributed by atoms with Crippen LogP contribution in [-0.4, -0.2) is 26.0 Å². The first-order chi connectivity index (χ1) is 5.77. The van der Waals surface area contributed by atoms with E-state index in [1.165, 1.54) is 6.92 Å². The van der Waals surface area contributed by atoms with E-state index in [9.17, 15) is 4.79 Å². The second-order valence-corrected chi connectivity index (χ2v) is 2.29. The molecule has 2 N–H and O–H groups in total. The molecule has 0 aliphatic heterocycles. The van der Waals surface area contributed by atoms with Gasteiger partial charge in [0.15, 0.2) is 0 Å². The number of amides is 1. The SMILES string of the molecule is CC.CNCCCCNC(C)=O. The lowest BCUT2D eigenvalue weighted by Gasteiger charge is -2.00. The van der Waals surface area contributed by atoms with E-state index < -0.39 is 0 Å². The Hall–Kier alpha value is -0.570. The fourth-order valence-electron chi connectivity index (χ4n) is 0.691. The van der Waals surface area contributed by atoms with Crippen molar-refractivity contribution in [2.75, 3.05) is 20.1 Å². The molecule has 0 aromatic heterocycles. The van der Waals surface area contributed by atoms with E-state index in [0.717, 1.165) is 25.9 Å². The Labute approximate surface area is 75.9 Å². The van der Waals surface area contributed by atoms with E-state index in [-0.39, 0.29) is 5.91 Å². The Morgan fingerprint density at radius 2 is 1.67 bits per heavy atom. The summed E-state index contributed by atoms with van der Waals surface area (Å²) in [6.07, 6.45) is 2.18. The van der Waals surface area contributed by atoms with Gasteiger partial charge in [0.25, 0.3) is 0 Å². The van der Waals surface area contributed by atoms with Gasteiger partial charge in [-0.25, -0.2) is 0 Å². The molecule has 0 heterocycles. The minimum atomic E-state index is 0.0597. The van der Waals surface area contributed by atoms with Crippen molar-refractivity contribution in [3.63, 3.8) is 0 Å². The van der Waals surface area contributed by atoms with Crippen LogP contribution in [-0.2, 0) is 4.79 Å². The van der Waals surface area contributed by atoms with Gasteiger partial charge in [-0.3, -0.25) is 4.79 Å². The van der Waals surface area contributed by atoms with Crippen LogP contribution < -0.4 is 10.6 Å². The molecule has 3 nitrogen and oxygen atoms in total. The van der Waals surface area contributed by atoms with Crippen molar-refractivity contribution >= 4 is 5.91 Å². The molecule has 0 aliphatic carbocycles. The van der Waals surface area contributed by atoms with Crippen LogP contribution in [0.3, 0.4) is 0 Å². The smallest absolute Gasteiger partial charge is 0.216 e. The normalized spacial score (nSPS) is 8.33. The van der Waals surface area contributed by atoms with Gasteiger partial charge in [-0.05, 0) is 26.4 Å². The summed E-state index contributed by atoms with van der Waals surface area (Å²) in [4.78, 5) is 10.3. The predicted octanol–water partition coefficient (Wildman–Crippen LogP) is 1.15. The Bertz CT molecular complexity index is 94.5. The lowest BCUT2D eigenvalue weighted by molar-refractivity contribution is -0.118. The van der Waals surface area contributed by atoms with Crippen LogP contribution in [0.15, 0.2) is 0 Å². The fraction of sp³-hybridized carbons (Fsp3) is 0.889. The molecule has 0 aromatic carbocycles. The summed E-state index contributed by atoms with van der Waals surface area (Å²) in [5.74, 6) is 0.0597. The van der Waals surface area contributed by atoms with E-state index in [1.54, 1.807) is 0 Å². The summed E-state index contributed by atoms with van der Waals surface area (Å²) in [6.45, 7) is 7.37. The Morgan fingerprint density at radius 1 is 1.17 bits per heavy atom. The molecular formula is C9H22N2O. The molecule has 0 aliphatic rings.